The van der Waals surface area contributed by atoms with Crippen molar-refractivity contribution in [2.24, 2.45) is 11.8 Å². The first-order valence-electron chi connectivity index (χ1n) is 7.42. The highest BCUT2D eigenvalue weighted by Crippen LogP contribution is 2.21. The number of rotatable bonds is 6. The van der Waals surface area contributed by atoms with Crippen molar-refractivity contribution in [2.45, 2.75) is 60.3 Å². The molecular weight excluding hydrogens is 230 g/mol. The number of hydrogen-bond donors (Lipinski definition) is 0. The molecule has 1 nitrogen and oxygen atoms in total. The molecule has 19 heavy (non-hydrogen) atoms. The molecule has 1 rings (SSSR count). The molecule has 0 fully saturated rings. The van der Waals surface area contributed by atoms with Crippen LogP contribution < -0.4 is 0 Å². The van der Waals surface area contributed by atoms with Crippen LogP contribution in [-0.2, 0) is 12.8 Å². The number of benzene rings is 1. The lowest BCUT2D eigenvalue weighted by atomic mass is 9.92. The average molecular weight is 257 g/mol. The van der Waals surface area contributed by atoms with Crippen LogP contribution in [0.4, 0.5) is 0 Å². The molecule has 104 valence electrons. The van der Waals surface area contributed by atoms with E-state index in [0.717, 1.165) is 18.8 Å². The van der Waals surface area contributed by atoms with Gasteiger partial charge < -0.3 is 0 Å². The summed E-state index contributed by atoms with van der Waals surface area (Å²) in [6.45, 7) is 11.0. The summed E-state index contributed by atoms with van der Waals surface area (Å²) in [7, 11) is 0. The summed E-state index contributed by atoms with van der Waals surface area (Å²) in [5.41, 5.74) is 5.69. The van der Waals surface area contributed by atoms with Gasteiger partial charge in [-0.3, -0.25) is 0 Å². The fraction of sp³-hybridized carbons (Fsp3) is 0.611. The minimum absolute atomic E-state index is 0.153. The highest BCUT2D eigenvalue weighted by molar-refractivity contribution is 5.37. The molecule has 1 heteroatoms. The summed E-state index contributed by atoms with van der Waals surface area (Å²) in [6, 6.07) is 6.99. The monoisotopic (exact) mass is 257 g/mol. The molecule has 1 aromatic rings. The molecule has 0 N–H and O–H groups in total. The fourth-order valence-electron chi connectivity index (χ4n) is 2.36. The van der Waals surface area contributed by atoms with Crippen molar-refractivity contribution in [1.82, 2.24) is 0 Å². The third-order valence-electron chi connectivity index (χ3n) is 3.85. The lowest BCUT2D eigenvalue weighted by molar-refractivity contribution is 0.585. The molecule has 0 saturated heterocycles. The Hall–Kier alpha value is -1.29. The number of nitrogens with zero attached hydrogens (tertiary/aromatic N) is 1. The van der Waals surface area contributed by atoms with Gasteiger partial charge in [0.1, 0.15) is 0 Å². The standard InChI is InChI=1S/C18H27N/c1-13(2)6-8-17-10-16(5)18(11-15(17)4)9-7-14(3)12-19/h10-11,13-14H,6-9H2,1-5H3. The van der Waals surface area contributed by atoms with E-state index in [-0.39, 0.29) is 5.92 Å². The van der Waals surface area contributed by atoms with Crippen molar-refractivity contribution in [3.63, 3.8) is 0 Å². The molecule has 0 aliphatic heterocycles. The van der Waals surface area contributed by atoms with E-state index in [1.807, 2.05) is 6.92 Å². The Labute approximate surface area is 118 Å². The van der Waals surface area contributed by atoms with E-state index in [9.17, 15) is 0 Å². The average Bonchev–Trinajstić information content (AvgIpc) is 2.37. The highest BCUT2D eigenvalue weighted by atomic mass is 14.3. The van der Waals surface area contributed by atoms with E-state index in [0.29, 0.717) is 0 Å². The SMILES string of the molecule is Cc1cc(CCC(C)C#N)c(C)cc1CCC(C)C. The molecule has 0 spiro atoms. The van der Waals surface area contributed by atoms with Gasteiger partial charge >= 0.3 is 0 Å². The molecule has 0 aliphatic rings. The zero-order valence-corrected chi connectivity index (χ0v) is 13.1. The first-order chi connectivity index (χ1) is 8.93. The number of nitriles is 1. The molecule has 0 saturated carbocycles. The van der Waals surface area contributed by atoms with Crippen LogP contribution in [0.2, 0.25) is 0 Å². The van der Waals surface area contributed by atoms with Crippen molar-refractivity contribution in [1.29, 1.82) is 5.26 Å². The Kier molecular flexibility index (Phi) is 6.09. The highest BCUT2D eigenvalue weighted by Gasteiger charge is 2.07. The topological polar surface area (TPSA) is 23.8 Å². The lowest BCUT2D eigenvalue weighted by Gasteiger charge is -2.13. The minimum Gasteiger partial charge on any atom is -0.198 e. The predicted octanol–water partition coefficient (Wildman–Crippen LogP) is 4.98. The van der Waals surface area contributed by atoms with Crippen molar-refractivity contribution >= 4 is 0 Å². The third-order valence-corrected chi connectivity index (χ3v) is 3.85. The van der Waals surface area contributed by atoms with Crippen LogP contribution in [-0.4, -0.2) is 0 Å². The number of aryl methyl sites for hydroxylation is 4. The van der Waals surface area contributed by atoms with E-state index >= 15 is 0 Å². The Morgan fingerprint density at radius 3 is 1.84 bits per heavy atom. The minimum atomic E-state index is 0.153. The molecule has 1 aromatic carbocycles. The molecular formula is C18H27N. The normalized spacial score (nSPS) is 12.5. The molecule has 0 amide bonds. The van der Waals surface area contributed by atoms with Gasteiger partial charge in [-0.1, -0.05) is 26.0 Å². The summed E-state index contributed by atoms with van der Waals surface area (Å²) in [5, 5.41) is 8.85. The molecule has 0 aliphatic carbocycles. The Balaban J connectivity index is 2.76. The predicted molar refractivity (Wildman–Crippen MR) is 82.2 cm³/mol. The van der Waals surface area contributed by atoms with Gasteiger partial charge in [0.15, 0.2) is 0 Å². The van der Waals surface area contributed by atoms with Crippen molar-refractivity contribution in [2.75, 3.05) is 0 Å². The van der Waals surface area contributed by atoms with E-state index < -0.39 is 0 Å². The van der Waals surface area contributed by atoms with Crippen LogP contribution in [0.15, 0.2) is 12.1 Å². The van der Waals surface area contributed by atoms with Gasteiger partial charge in [-0.25, -0.2) is 0 Å². The van der Waals surface area contributed by atoms with E-state index in [4.69, 9.17) is 5.26 Å². The summed E-state index contributed by atoms with van der Waals surface area (Å²) in [4.78, 5) is 0. The first-order valence-corrected chi connectivity index (χ1v) is 7.42. The lowest BCUT2D eigenvalue weighted by Crippen LogP contribution is -2.01. The number of hydrogen-bond acceptors (Lipinski definition) is 1. The van der Waals surface area contributed by atoms with Crippen LogP contribution in [0.1, 0.15) is 55.9 Å². The second-order valence-electron chi connectivity index (χ2n) is 6.21. The van der Waals surface area contributed by atoms with Gasteiger partial charge in [-0.2, -0.15) is 5.26 Å². The van der Waals surface area contributed by atoms with E-state index in [2.05, 4.69) is 45.9 Å². The Bertz CT molecular complexity index is 451. The van der Waals surface area contributed by atoms with Crippen LogP contribution in [0.5, 0.6) is 0 Å². The van der Waals surface area contributed by atoms with Gasteiger partial charge in [-0.15, -0.1) is 0 Å². The fourth-order valence-corrected chi connectivity index (χ4v) is 2.36. The maximum Gasteiger partial charge on any atom is 0.0652 e. The second-order valence-corrected chi connectivity index (χ2v) is 6.21. The van der Waals surface area contributed by atoms with Gasteiger partial charge in [0.25, 0.3) is 0 Å². The Morgan fingerprint density at radius 1 is 0.947 bits per heavy atom. The van der Waals surface area contributed by atoms with Crippen LogP contribution >= 0.6 is 0 Å². The molecule has 1 unspecified atom stereocenters. The smallest absolute Gasteiger partial charge is 0.0652 e. The molecule has 0 aromatic heterocycles. The molecule has 0 bridgehead atoms. The molecule has 0 radical (unpaired) electrons. The first kappa shape index (κ1) is 15.8. The van der Waals surface area contributed by atoms with E-state index in [1.54, 1.807) is 0 Å². The zero-order valence-electron chi connectivity index (χ0n) is 13.1. The third kappa shape index (κ3) is 5.07. The maximum atomic E-state index is 8.85. The van der Waals surface area contributed by atoms with Crippen LogP contribution in [0, 0.1) is 37.0 Å². The second kappa shape index (κ2) is 7.34. The van der Waals surface area contributed by atoms with E-state index in [1.165, 1.54) is 35.1 Å². The summed E-state index contributed by atoms with van der Waals surface area (Å²) >= 11 is 0. The summed E-state index contributed by atoms with van der Waals surface area (Å²) in [6.07, 6.45) is 4.41. The largest absolute Gasteiger partial charge is 0.198 e. The van der Waals surface area contributed by atoms with Crippen LogP contribution in [0.3, 0.4) is 0 Å². The molecule has 1 atom stereocenters. The van der Waals surface area contributed by atoms with Gasteiger partial charge in [0.05, 0.1) is 6.07 Å². The van der Waals surface area contributed by atoms with Crippen molar-refractivity contribution in [3.8, 4) is 6.07 Å². The van der Waals surface area contributed by atoms with Gasteiger partial charge in [-0.05, 0) is 74.6 Å². The maximum absolute atomic E-state index is 8.85. The Morgan fingerprint density at radius 2 is 1.42 bits per heavy atom. The van der Waals surface area contributed by atoms with Gasteiger partial charge in [0.2, 0.25) is 0 Å². The van der Waals surface area contributed by atoms with Crippen molar-refractivity contribution in [3.05, 3.63) is 34.4 Å². The zero-order chi connectivity index (χ0) is 14.4. The quantitative estimate of drug-likeness (QED) is 0.704. The van der Waals surface area contributed by atoms with Gasteiger partial charge in [0, 0.05) is 5.92 Å². The molecule has 0 heterocycles. The summed E-state index contributed by atoms with van der Waals surface area (Å²) < 4.78 is 0. The summed E-state index contributed by atoms with van der Waals surface area (Å²) in [5.74, 6) is 0.913. The van der Waals surface area contributed by atoms with Crippen LogP contribution in [0.25, 0.3) is 0 Å². The van der Waals surface area contributed by atoms with Crippen molar-refractivity contribution < 1.29 is 0 Å².